The van der Waals surface area contributed by atoms with Gasteiger partial charge in [0.05, 0.1) is 5.69 Å². The first-order valence-corrected chi connectivity index (χ1v) is 6.21. The number of aromatic nitrogens is 2. The number of hydrogen-bond donors (Lipinski definition) is 1. The SMILES string of the molecule is Nc1nc(-c2ccc3c(c2)OCO3)cc2cnccc12. The van der Waals surface area contributed by atoms with Gasteiger partial charge in [0.15, 0.2) is 11.5 Å². The molecule has 0 aliphatic carbocycles. The molecule has 0 atom stereocenters. The molecule has 5 nitrogen and oxygen atoms in total. The highest BCUT2D eigenvalue weighted by Crippen LogP contribution is 2.36. The summed E-state index contributed by atoms with van der Waals surface area (Å²) in [5.41, 5.74) is 7.74. The Kier molecular flexibility index (Phi) is 2.26. The molecule has 98 valence electrons. The first kappa shape index (κ1) is 11.0. The molecule has 0 fully saturated rings. The van der Waals surface area contributed by atoms with E-state index >= 15 is 0 Å². The fourth-order valence-corrected chi connectivity index (χ4v) is 2.33. The molecule has 3 heterocycles. The molecule has 1 aromatic carbocycles. The van der Waals surface area contributed by atoms with Crippen molar-refractivity contribution in [2.75, 3.05) is 12.5 Å². The van der Waals surface area contributed by atoms with Crippen molar-refractivity contribution in [3.05, 3.63) is 42.7 Å². The van der Waals surface area contributed by atoms with Crippen LogP contribution in [0.1, 0.15) is 0 Å². The second-order valence-electron chi connectivity index (χ2n) is 4.56. The highest BCUT2D eigenvalue weighted by atomic mass is 16.7. The molecule has 0 saturated carbocycles. The van der Waals surface area contributed by atoms with E-state index in [9.17, 15) is 0 Å². The fraction of sp³-hybridized carbons (Fsp3) is 0.0667. The monoisotopic (exact) mass is 265 g/mol. The standard InChI is InChI=1S/C15H11N3O2/c16-15-11-3-4-17-7-10(11)5-12(18-15)9-1-2-13-14(6-9)20-8-19-13/h1-7H,8H2,(H2,16,18). The molecule has 0 amide bonds. The molecule has 0 saturated heterocycles. The highest BCUT2D eigenvalue weighted by Gasteiger charge is 2.15. The van der Waals surface area contributed by atoms with Crippen molar-refractivity contribution in [1.29, 1.82) is 0 Å². The number of nitrogens with two attached hydrogens (primary N) is 1. The minimum atomic E-state index is 0.260. The maximum atomic E-state index is 6.01. The lowest BCUT2D eigenvalue weighted by Gasteiger charge is -2.06. The van der Waals surface area contributed by atoms with Crippen molar-refractivity contribution in [3.63, 3.8) is 0 Å². The largest absolute Gasteiger partial charge is 0.454 e. The van der Waals surface area contributed by atoms with Crippen LogP contribution in [0, 0.1) is 0 Å². The summed E-state index contributed by atoms with van der Waals surface area (Å²) in [7, 11) is 0. The summed E-state index contributed by atoms with van der Waals surface area (Å²) in [4.78, 5) is 8.57. The Morgan fingerprint density at radius 3 is 2.90 bits per heavy atom. The van der Waals surface area contributed by atoms with Crippen molar-refractivity contribution in [2.24, 2.45) is 0 Å². The average Bonchev–Trinajstić information content (AvgIpc) is 2.94. The summed E-state index contributed by atoms with van der Waals surface area (Å²) in [6.07, 6.45) is 3.49. The maximum absolute atomic E-state index is 6.01. The number of fused-ring (bicyclic) bond motifs is 2. The van der Waals surface area contributed by atoms with E-state index in [4.69, 9.17) is 15.2 Å². The lowest BCUT2D eigenvalue weighted by molar-refractivity contribution is 0.174. The second kappa shape index (κ2) is 4.09. The van der Waals surface area contributed by atoms with E-state index in [2.05, 4.69) is 9.97 Å². The smallest absolute Gasteiger partial charge is 0.231 e. The van der Waals surface area contributed by atoms with Gasteiger partial charge in [0.1, 0.15) is 5.82 Å². The van der Waals surface area contributed by atoms with Crippen LogP contribution in [0.2, 0.25) is 0 Å². The predicted molar refractivity (Wildman–Crippen MR) is 75.5 cm³/mol. The molecule has 0 radical (unpaired) electrons. The van der Waals surface area contributed by atoms with E-state index in [-0.39, 0.29) is 6.79 Å². The molecule has 5 heteroatoms. The Hall–Kier alpha value is -2.82. The third-order valence-electron chi connectivity index (χ3n) is 3.33. The quantitative estimate of drug-likeness (QED) is 0.732. The van der Waals surface area contributed by atoms with Gasteiger partial charge in [-0.2, -0.15) is 0 Å². The molecular weight excluding hydrogens is 254 g/mol. The highest BCUT2D eigenvalue weighted by molar-refractivity contribution is 5.93. The maximum Gasteiger partial charge on any atom is 0.231 e. The third-order valence-corrected chi connectivity index (χ3v) is 3.33. The van der Waals surface area contributed by atoms with Gasteiger partial charge in [-0.15, -0.1) is 0 Å². The summed E-state index contributed by atoms with van der Waals surface area (Å²) in [6.45, 7) is 0.260. The van der Waals surface area contributed by atoms with Gasteiger partial charge < -0.3 is 15.2 Å². The summed E-state index contributed by atoms with van der Waals surface area (Å²) in [5, 5.41) is 1.87. The average molecular weight is 265 g/mol. The zero-order valence-electron chi connectivity index (χ0n) is 10.5. The van der Waals surface area contributed by atoms with Crippen LogP contribution in [0.5, 0.6) is 11.5 Å². The van der Waals surface area contributed by atoms with Crippen LogP contribution >= 0.6 is 0 Å². The molecule has 0 bridgehead atoms. The van der Waals surface area contributed by atoms with Gasteiger partial charge in [0.25, 0.3) is 0 Å². The molecule has 2 aromatic heterocycles. The number of anilines is 1. The zero-order chi connectivity index (χ0) is 13.5. The van der Waals surface area contributed by atoms with E-state index < -0.39 is 0 Å². The van der Waals surface area contributed by atoms with E-state index in [0.717, 1.165) is 33.5 Å². The van der Waals surface area contributed by atoms with Crippen molar-refractivity contribution in [2.45, 2.75) is 0 Å². The van der Waals surface area contributed by atoms with Crippen LogP contribution in [-0.2, 0) is 0 Å². The molecule has 1 aliphatic rings. The zero-order valence-corrected chi connectivity index (χ0v) is 10.5. The first-order chi connectivity index (χ1) is 9.81. The fourth-order valence-electron chi connectivity index (χ4n) is 2.33. The molecule has 4 rings (SSSR count). The van der Waals surface area contributed by atoms with Gasteiger partial charge in [0, 0.05) is 28.7 Å². The van der Waals surface area contributed by atoms with Gasteiger partial charge in [-0.1, -0.05) is 0 Å². The second-order valence-corrected chi connectivity index (χ2v) is 4.56. The molecule has 2 N–H and O–H groups in total. The normalized spacial score (nSPS) is 12.8. The number of hydrogen-bond acceptors (Lipinski definition) is 5. The van der Waals surface area contributed by atoms with E-state index in [1.807, 2.05) is 30.3 Å². The Morgan fingerprint density at radius 1 is 1.05 bits per heavy atom. The van der Waals surface area contributed by atoms with Crippen LogP contribution in [0.3, 0.4) is 0 Å². The predicted octanol–water partition coefficient (Wildman–Crippen LogP) is 2.61. The van der Waals surface area contributed by atoms with Gasteiger partial charge >= 0.3 is 0 Å². The molecule has 0 spiro atoms. The number of ether oxygens (including phenoxy) is 2. The topological polar surface area (TPSA) is 70.3 Å². The Balaban J connectivity index is 1.90. The van der Waals surface area contributed by atoms with Crippen LogP contribution < -0.4 is 15.2 Å². The van der Waals surface area contributed by atoms with Crippen LogP contribution in [0.25, 0.3) is 22.0 Å². The van der Waals surface area contributed by atoms with Gasteiger partial charge in [-0.25, -0.2) is 4.98 Å². The van der Waals surface area contributed by atoms with E-state index in [0.29, 0.717) is 5.82 Å². The first-order valence-electron chi connectivity index (χ1n) is 6.21. The van der Waals surface area contributed by atoms with Crippen LogP contribution in [0.15, 0.2) is 42.7 Å². The molecule has 3 aromatic rings. The third kappa shape index (κ3) is 1.64. The molecule has 20 heavy (non-hydrogen) atoms. The number of pyridine rings is 2. The lowest BCUT2D eigenvalue weighted by atomic mass is 10.1. The van der Waals surface area contributed by atoms with E-state index in [1.165, 1.54) is 0 Å². The summed E-state index contributed by atoms with van der Waals surface area (Å²) in [5.74, 6) is 1.98. The van der Waals surface area contributed by atoms with Crippen molar-refractivity contribution >= 4 is 16.6 Å². The molecule has 0 unspecified atom stereocenters. The Morgan fingerprint density at radius 2 is 1.95 bits per heavy atom. The summed E-state index contributed by atoms with van der Waals surface area (Å²) >= 11 is 0. The van der Waals surface area contributed by atoms with Crippen molar-refractivity contribution in [3.8, 4) is 22.8 Å². The van der Waals surface area contributed by atoms with Crippen molar-refractivity contribution < 1.29 is 9.47 Å². The van der Waals surface area contributed by atoms with Crippen LogP contribution in [-0.4, -0.2) is 16.8 Å². The number of rotatable bonds is 1. The van der Waals surface area contributed by atoms with Gasteiger partial charge in [-0.05, 0) is 30.3 Å². The number of nitrogen functional groups attached to an aromatic ring is 1. The van der Waals surface area contributed by atoms with E-state index in [1.54, 1.807) is 12.4 Å². The number of nitrogens with zero attached hydrogens (tertiary/aromatic N) is 2. The van der Waals surface area contributed by atoms with Crippen LogP contribution in [0.4, 0.5) is 5.82 Å². The Bertz CT molecular complexity index is 817. The van der Waals surface area contributed by atoms with Gasteiger partial charge in [-0.3, -0.25) is 4.98 Å². The summed E-state index contributed by atoms with van der Waals surface area (Å²) in [6, 6.07) is 9.56. The number of benzene rings is 1. The lowest BCUT2D eigenvalue weighted by Crippen LogP contribution is -1.95. The minimum absolute atomic E-state index is 0.260. The van der Waals surface area contributed by atoms with Gasteiger partial charge in [0.2, 0.25) is 6.79 Å². The molecular formula is C15H11N3O2. The minimum Gasteiger partial charge on any atom is -0.454 e. The Labute approximate surface area is 115 Å². The van der Waals surface area contributed by atoms with Crippen molar-refractivity contribution in [1.82, 2.24) is 9.97 Å². The summed E-state index contributed by atoms with van der Waals surface area (Å²) < 4.78 is 10.7. The molecule has 1 aliphatic heterocycles.